The first kappa shape index (κ1) is 21.8. The van der Waals surface area contributed by atoms with E-state index in [2.05, 4.69) is 34.3 Å². The molecule has 5 rings (SSSR count). The first-order valence-electron chi connectivity index (χ1n) is 11.7. The van der Waals surface area contributed by atoms with E-state index in [1.807, 2.05) is 36.4 Å². The number of benzene rings is 2. The van der Waals surface area contributed by atoms with E-state index in [0.29, 0.717) is 48.0 Å². The Morgan fingerprint density at radius 3 is 2.55 bits per heavy atom. The van der Waals surface area contributed by atoms with E-state index in [9.17, 15) is 4.79 Å². The molecule has 0 spiro atoms. The van der Waals surface area contributed by atoms with Gasteiger partial charge in [0, 0.05) is 23.1 Å². The molecule has 1 aliphatic heterocycles. The Bertz CT molecular complexity index is 1200. The van der Waals surface area contributed by atoms with Crippen molar-refractivity contribution in [2.45, 2.75) is 51.2 Å². The molecule has 0 saturated heterocycles. The van der Waals surface area contributed by atoms with Crippen molar-refractivity contribution in [1.29, 1.82) is 0 Å². The molecule has 2 aliphatic rings. The largest absolute Gasteiger partial charge is 0.486 e. The fourth-order valence-electron chi connectivity index (χ4n) is 4.76. The molecule has 2 N–H and O–H groups in total. The van der Waals surface area contributed by atoms with Gasteiger partial charge in [0.25, 0.3) is 5.56 Å². The number of fused-ring (bicyclic) bond motifs is 2. The van der Waals surface area contributed by atoms with Gasteiger partial charge >= 0.3 is 0 Å². The smallest absolute Gasteiger partial charge is 0.253 e. The highest BCUT2D eigenvalue weighted by molar-refractivity contribution is 7.80. The van der Waals surface area contributed by atoms with Crippen molar-refractivity contribution in [3.63, 3.8) is 0 Å². The predicted molar refractivity (Wildman–Crippen MR) is 134 cm³/mol. The van der Waals surface area contributed by atoms with Crippen molar-refractivity contribution >= 4 is 28.2 Å². The zero-order chi connectivity index (χ0) is 22.8. The Balaban J connectivity index is 1.42. The number of ether oxygens (including phenoxy) is 2. The summed E-state index contributed by atoms with van der Waals surface area (Å²) < 4.78 is 11.4. The van der Waals surface area contributed by atoms with Crippen LogP contribution in [0.3, 0.4) is 0 Å². The summed E-state index contributed by atoms with van der Waals surface area (Å²) in [6.45, 7) is 3.63. The maximum atomic E-state index is 13.0. The number of aromatic amines is 1. The third kappa shape index (κ3) is 4.69. The number of hydrogen-bond acceptors (Lipinski definition) is 4. The number of hydrogen-bond donors (Lipinski definition) is 2. The minimum Gasteiger partial charge on any atom is -0.486 e. The molecule has 2 aromatic carbocycles. The van der Waals surface area contributed by atoms with Crippen LogP contribution in [0.2, 0.25) is 0 Å². The first-order valence-corrected chi connectivity index (χ1v) is 12.1. The monoisotopic (exact) mass is 463 g/mol. The molecular formula is C26H29N3O3S. The average molecular weight is 464 g/mol. The number of H-pyrrole nitrogens is 1. The maximum absolute atomic E-state index is 13.0. The zero-order valence-electron chi connectivity index (χ0n) is 18.8. The normalized spacial score (nSPS) is 16.5. The molecule has 6 nitrogen and oxygen atoms in total. The highest BCUT2D eigenvalue weighted by atomic mass is 32.1. The molecule has 1 aromatic heterocycles. The second kappa shape index (κ2) is 9.43. The molecule has 172 valence electrons. The van der Waals surface area contributed by atoms with E-state index >= 15 is 0 Å². The molecule has 33 heavy (non-hydrogen) atoms. The molecule has 7 heteroatoms. The summed E-state index contributed by atoms with van der Waals surface area (Å²) in [6, 6.07) is 16.4. The molecule has 3 aromatic rings. The van der Waals surface area contributed by atoms with Gasteiger partial charge in [-0.1, -0.05) is 43.2 Å². The summed E-state index contributed by atoms with van der Waals surface area (Å²) in [5.74, 6) is 1.39. The van der Waals surface area contributed by atoms with Crippen molar-refractivity contribution in [3.8, 4) is 11.5 Å². The maximum Gasteiger partial charge on any atom is 0.253 e. The van der Waals surface area contributed by atoms with E-state index in [4.69, 9.17) is 21.7 Å². The molecule has 1 atom stereocenters. The van der Waals surface area contributed by atoms with E-state index in [1.165, 1.54) is 18.4 Å². The number of thiocarbonyl (C=S) groups is 1. The van der Waals surface area contributed by atoms with Crippen molar-refractivity contribution in [1.82, 2.24) is 15.2 Å². The molecular weight excluding hydrogens is 434 g/mol. The Morgan fingerprint density at radius 2 is 1.82 bits per heavy atom. The number of nitrogens with zero attached hydrogens (tertiary/aromatic N) is 1. The van der Waals surface area contributed by atoms with Gasteiger partial charge in [0.1, 0.15) is 13.2 Å². The lowest BCUT2D eigenvalue weighted by Gasteiger charge is -2.33. The van der Waals surface area contributed by atoms with Crippen LogP contribution < -0.4 is 20.3 Å². The molecule has 0 bridgehead atoms. The van der Waals surface area contributed by atoms with Gasteiger partial charge in [-0.2, -0.15) is 0 Å². The quantitative estimate of drug-likeness (QED) is 0.536. The van der Waals surface area contributed by atoms with Gasteiger partial charge in [-0.3, -0.25) is 4.79 Å². The zero-order valence-corrected chi connectivity index (χ0v) is 19.6. The molecule has 1 aliphatic carbocycles. The lowest BCUT2D eigenvalue weighted by molar-refractivity contribution is 0.172. The van der Waals surface area contributed by atoms with E-state index in [1.54, 1.807) is 0 Å². The van der Waals surface area contributed by atoms with Gasteiger partial charge in [0.05, 0.1) is 18.1 Å². The van der Waals surface area contributed by atoms with E-state index in [-0.39, 0.29) is 11.6 Å². The summed E-state index contributed by atoms with van der Waals surface area (Å²) in [5, 5.41) is 5.12. The van der Waals surface area contributed by atoms with Crippen LogP contribution in [0, 0.1) is 0 Å². The van der Waals surface area contributed by atoms with Crippen LogP contribution in [0.1, 0.15) is 49.8 Å². The summed E-state index contributed by atoms with van der Waals surface area (Å²) in [5.41, 5.74) is 2.53. The van der Waals surface area contributed by atoms with Gasteiger partial charge in [-0.25, -0.2) is 0 Å². The van der Waals surface area contributed by atoms with Crippen LogP contribution in [-0.4, -0.2) is 34.3 Å². The second-order valence-corrected chi connectivity index (χ2v) is 9.24. The third-order valence-electron chi connectivity index (χ3n) is 6.59. The van der Waals surface area contributed by atoms with Crippen LogP contribution in [0.15, 0.2) is 53.3 Å². The fraction of sp³-hybridized carbons (Fsp3) is 0.385. The Hall–Kier alpha value is -3.06. The van der Waals surface area contributed by atoms with Crippen molar-refractivity contribution in [2.75, 3.05) is 13.2 Å². The fourth-order valence-corrected chi connectivity index (χ4v) is 5.16. The van der Waals surface area contributed by atoms with Gasteiger partial charge in [-0.15, -0.1) is 0 Å². The minimum absolute atomic E-state index is 0.0844. The number of rotatable bonds is 5. The van der Waals surface area contributed by atoms with Crippen molar-refractivity contribution in [3.05, 3.63) is 70.0 Å². The highest BCUT2D eigenvalue weighted by Gasteiger charge is 2.26. The minimum atomic E-state index is -0.0962. The van der Waals surface area contributed by atoms with Crippen LogP contribution in [0.4, 0.5) is 0 Å². The Labute approximate surface area is 198 Å². The van der Waals surface area contributed by atoms with E-state index in [0.717, 1.165) is 23.7 Å². The highest BCUT2D eigenvalue weighted by Crippen LogP contribution is 2.34. The summed E-state index contributed by atoms with van der Waals surface area (Å²) in [4.78, 5) is 18.2. The molecule has 0 radical (unpaired) electrons. The SMILES string of the molecule is C[C@@H](NC(=S)N(Cc1cc2cc3c(cc2[nH]c1=O)OCCO3)C1CCCC1)c1ccccc1. The van der Waals surface area contributed by atoms with Crippen molar-refractivity contribution < 1.29 is 9.47 Å². The topological polar surface area (TPSA) is 66.6 Å². The lowest BCUT2D eigenvalue weighted by atomic mass is 10.1. The lowest BCUT2D eigenvalue weighted by Crippen LogP contribution is -2.46. The number of aromatic nitrogens is 1. The molecule has 0 amide bonds. The van der Waals surface area contributed by atoms with Gasteiger partial charge in [0.2, 0.25) is 0 Å². The standard InChI is InChI=1S/C26H29N3O3S/c1-17(18-7-3-2-4-8-18)27-26(33)29(21-9-5-6-10-21)16-20-13-19-14-23-24(32-12-11-31-23)15-22(19)28-25(20)30/h2-4,7-8,13-15,17,21H,5-6,9-12,16H2,1H3,(H,27,33)(H,28,30)/t17-/m1/s1. The van der Waals surface area contributed by atoms with E-state index < -0.39 is 0 Å². The first-order chi connectivity index (χ1) is 16.1. The van der Waals surface area contributed by atoms with Crippen LogP contribution >= 0.6 is 12.2 Å². The summed E-state index contributed by atoms with van der Waals surface area (Å²) in [7, 11) is 0. The predicted octanol–water partition coefficient (Wildman–Crippen LogP) is 4.68. The van der Waals surface area contributed by atoms with Gasteiger partial charge in [0.15, 0.2) is 16.6 Å². The van der Waals surface area contributed by atoms with Crippen molar-refractivity contribution in [2.24, 2.45) is 0 Å². The van der Waals surface area contributed by atoms with Crippen LogP contribution in [0.5, 0.6) is 11.5 Å². The third-order valence-corrected chi connectivity index (χ3v) is 6.94. The Morgan fingerprint density at radius 1 is 1.12 bits per heavy atom. The van der Waals surface area contributed by atoms with Gasteiger partial charge in [-0.05, 0) is 49.7 Å². The average Bonchev–Trinajstić information content (AvgIpc) is 3.36. The summed E-state index contributed by atoms with van der Waals surface area (Å²) in [6.07, 6.45) is 4.56. The molecule has 0 unspecified atom stereocenters. The number of pyridine rings is 1. The summed E-state index contributed by atoms with van der Waals surface area (Å²) >= 11 is 5.87. The molecule has 2 heterocycles. The Kier molecular flexibility index (Phi) is 6.22. The second-order valence-electron chi connectivity index (χ2n) is 8.85. The molecule has 1 saturated carbocycles. The van der Waals surface area contributed by atoms with Gasteiger partial charge < -0.3 is 24.7 Å². The molecule has 1 fully saturated rings. The van der Waals surface area contributed by atoms with Crippen LogP contribution in [0.25, 0.3) is 10.9 Å². The number of nitrogens with one attached hydrogen (secondary N) is 2. The van der Waals surface area contributed by atoms with Crippen LogP contribution in [-0.2, 0) is 6.54 Å².